The van der Waals surface area contributed by atoms with Crippen molar-refractivity contribution < 1.29 is 18.6 Å². The maximum Gasteiger partial charge on any atom is 0.151 e. The highest BCUT2D eigenvalue weighted by Crippen LogP contribution is 2.41. The van der Waals surface area contributed by atoms with E-state index in [9.17, 15) is 0 Å². The average molecular weight is 445 g/mol. The van der Waals surface area contributed by atoms with Crippen LogP contribution in [0.1, 0.15) is 58.8 Å². The Morgan fingerprint density at radius 2 is 2.06 bits per heavy atom. The van der Waals surface area contributed by atoms with E-state index >= 15 is 4.39 Å². The van der Waals surface area contributed by atoms with Crippen LogP contribution in [0, 0.1) is 18.3 Å². The van der Waals surface area contributed by atoms with Gasteiger partial charge in [0.1, 0.15) is 18.1 Å². The Balaban J connectivity index is 1.45. The van der Waals surface area contributed by atoms with Crippen LogP contribution in [-0.2, 0) is 14.2 Å². The zero-order chi connectivity index (χ0) is 22.9. The first-order valence-electron chi connectivity index (χ1n) is 11.9. The number of alkyl halides is 1. The molecule has 1 saturated heterocycles. The highest BCUT2D eigenvalue weighted by molar-refractivity contribution is 5.39. The molecule has 0 radical (unpaired) electrons. The summed E-state index contributed by atoms with van der Waals surface area (Å²) in [6, 6.07) is 0.234. The molecule has 0 aromatic heterocycles. The van der Waals surface area contributed by atoms with Gasteiger partial charge in [-0.15, -0.1) is 6.42 Å². The fourth-order valence-corrected chi connectivity index (χ4v) is 5.14. The molecule has 176 valence electrons. The van der Waals surface area contributed by atoms with E-state index < -0.39 is 12.3 Å². The van der Waals surface area contributed by atoms with Crippen molar-refractivity contribution in [3.05, 3.63) is 34.3 Å². The lowest BCUT2D eigenvalue weighted by Crippen LogP contribution is -2.53. The molecular weight excluding hydrogens is 407 g/mol. The highest BCUT2D eigenvalue weighted by atomic mass is 19.1. The molecule has 5 atom stereocenters. The number of fused-ring (bicyclic) bond motifs is 1. The lowest BCUT2D eigenvalue weighted by Gasteiger charge is -2.44. The third-order valence-electron chi connectivity index (χ3n) is 7.51. The van der Waals surface area contributed by atoms with Crippen molar-refractivity contribution in [2.24, 2.45) is 11.7 Å². The second-order valence-corrected chi connectivity index (χ2v) is 9.98. The van der Waals surface area contributed by atoms with Crippen LogP contribution in [-0.4, -0.2) is 50.2 Å². The standard InChI is InChI=1S/C26H37FN2O3/c1-5-16(2)12-18-17(3)6-7-22(25(18)27)32-21-8-11-29-20-14-24(23(30-4)13-19(20)21)31-15-26(28)9-10-26/h1,12,19-22,25,29H,6-11,13-15,28H2,2-4H3/b16-12-/t19-,20+,21+,22?,25-/m1/s1. The van der Waals surface area contributed by atoms with E-state index in [1.54, 1.807) is 13.2 Å². The fraction of sp³-hybridized carbons (Fsp3) is 0.692. The molecule has 3 aliphatic carbocycles. The van der Waals surface area contributed by atoms with E-state index in [-0.39, 0.29) is 23.6 Å². The minimum atomic E-state index is -1.15. The molecule has 0 bridgehead atoms. The van der Waals surface area contributed by atoms with Crippen LogP contribution >= 0.6 is 0 Å². The summed E-state index contributed by atoms with van der Waals surface area (Å²) in [5.74, 6) is 4.60. The molecule has 1 saturated carbocycles. The second-order valence-electron chi connectivity index (χ2n) is 9.98. The normalized spacial score (nSPS) is 34.6. The molecule has 1 aliphatic heterocycles. The number of methoxy groups -OCH3 is 1. The first kappa shape index (κ1) is 23.4. The number of nitrogens with two attached hydrogens (primary N) is 1. The van der Waals surface area contributed by atoms with Crippen molar-refractivity contribution in [3.63, 3.8) is 0 Å². The topological polar surface area (TPSA) is 65.7 Å². The van der Waals surface area contributed by atoms with Gasteiger partial charge in [0.2, 0.25) is 0 Å². The molecule has 0 aromatic rings. The Morgan fingerprint density at radius 1 is 1.28 bits per heavy atom. The third kappa shape index (κ3) is 5.06. The number of ether oxygens (including phenoxy) is 3. The zero-order valence-electron chi connectivity index (χ0n) is 19.6. The molecule has 4 aliphatic rings. The summed E-state index contributed by atoms with van der Waals surface area (Å²) in [6.45, 7) is 5.22. The van der Waals surface area contributed by atoms with Gasteiger partial charge in [-0.05, 0) is 69.7 Å². The van der Waals surface area contributed by atoms with Crippen molar-refractivity contribution in [2.45, 2.75) is 88.8 Å². The Kier molecular flexibility index (Phi) is 7.00. The zero-order valence-corrected chi connectivity index (χ0v) is 19.6. The van der Waals surface area contributed by atoms with Crippen LogP contribution in [0.4, 0.5) is 4.39 Å². The molecule has 1 heterocycles. The summed E-state index contributed by atoms with van der Waals surface area (Å²) in [4.78, 5) is 0. The number of nitrogens with one attached hydrogen (secondary N) is 1. The minimum Gasteiger partial charge on any atom is -0.498 e. The molecule has 6 heteroatoms. The molecule has 4 rings (SSSR count). The monoisotopic (exact) mass is 444 g/mol. The summed E-state index contributed by atoms with van der Waals surface area (Å²) in [6.07, 6.45) is 11.6. The van der Waals surface area contributed by atoms with E-state index in [1.807, 2.05) is 13.8 Å². The predicted octanol–water partition coefficient (Wildman–Crippen LogP) is 3.91. The Morgan fingerprint density at radius 3 is 2.75 bits per heavy atom. The largest absolute Gasteiger partial charge is 0.498 e. The van der Waals surface area contributed by atoms with Crippen LogP contribution in [0.25, 0.3) is 0 Å². The molecule has 5 nitrogen and oxygen atoms in total. The van der Waals surface area contributed by atoms with Gasteiger partial charge >= 0.3 is 0 Å². The first-order chi connectivity index (χ1) is 15.3. The molecule has 0 amide bonds. The summed E-state index contributed by atoms with van der Waals surface area (Å²) in [5.41, 5.74) is 8.53. The van der Waals surface area contributed by atoms with Crippen LogP contribution in [0.15, 0.2) is 34.3 Å². The highest BCUT2D eigenvalue weighted by Gasteiger charge is 2.44. The summed E-state index contributed by atoms with van der Waals surface area (Å²) < 4.78 is 33.8. The number of hydrogen-bond acceptors (Lipinski definition) is 5. The van der Waals surface area contributed by atoms with Gasteiger partial charge in [-0.3, -0.25) is 0 Å². The van der Waals surface area contributed by atoms with Crippen LogP contribution in [0.2, 0.25) is 0 Å². The van der Waals surface area contributed by atoms with Gasteiger partial charge in [0, 0.05) is 24.8 Å². The number of piperidine rings is 1. The maximum absolute atomic E-state index is 15.5. The summed E-state index contributed by atoms with van der Waals surface area (Å²) in [7, 11) is 1.69. The quantitative estimate of drug-likeness (QED) is 0.583. The molecule has 3 N–H and O–H groups in total. The van der Waals surface area contributed by atoms with Crippen molar-refractivity contribution in [1.82, 2.24) is 5.32 Å². The Labute approximate surface area is 191 Å². The van der Waals surface area contributed by atoms with E-state index in [2.05, 4.69) is 11.2 Å². The molecule has 32 heavy (non-hydrogen) atoms. The SMILES string of the molecule is C#C/C(C)=C\C1=C(C)CCC(O[C@H]2CCN[C@H]3CC(OCC4(N)CC4)=C(OC)C[C@H]32)[C@@H]1F. The van der Waals surface area contributed by atoms with E-state index in [0.717, 1.165) is 67.7 Å². The van der Waals surface area contributed by atoms with Crippen LogP contribution in [0.5, 0.6) is 0 Å². The average Bonchev–Trinajstić information content (AvgIpc) is 3.53. The molecule has 1 unspecified atom stereocenters. The van der Waals surface area contributed by atoms with Gasteiger partial charge in [0.25, 0.3) is 0 Å². The Bertz CT molecular complexity index is 852. The van der Waals surface area contributed by atoms with Crippen molar-refractivity contribution in [1.29, 1.82) is 0 Å². The maximum atomic E-state index is 15.5. The van der Waals surface area contributed by atoms with Crippen LogP contribution < -0.4 is 11.1 Å². The van der Waals surface area contributed by atoms with Crippen molar-refractivity contribution in [3.8, 4) is 12.3 Å². The van der Waals surface area contributed by atoms with E-state index in [1.165, 1.54) is 0 Å². The van der Waals surface area contributed by atoms with Crippen LogP contribution in [0.3, 0.4) is 0 Å². The van der Waals surface area contributed by atoms with Gasteiger partial charge in [-0.1, -0.05) is 11.5 Å². The predicted molar refractivity (Wildman–Crippen MR) is 123 cm³/mol. The summed E-state index contributed by atoms with van der Waals surface area (Å²) >= 11 is 0. The second kappa shape index (κ2) is 9.59. The minimum absolute atomic E-state index is 0.0159. The lowest BCUT2D eigenvalue weighted by molar-refractivity contribution is -0.0977. The smallest absolute Gasteiger partial charge is 0.151 e. The fourth-order valence-electron chi connectivity index (χ4n) is 5.14. The van der Waals surface area contributed by atoms with E-state index in [0.29, 0.717) is 18.6 Å². The molecule has 0 spiro atoms. The van der Waals surface area contributed by atoms with E-state index in [4.69, 9.17) is 26.4 Å². The van der Waals surface area contributed by atoms with Gasteiger partial charge < -0.3 is 25.3 Å². The van der Waals surface area contributed by atoms with Gasteiger partial charge in [0.05, 0.1) is 24.9 Å². The van der Waals surface area contributed by atoms with Gasteiger partial charge in [-0.25, -0.2) is 4.39 Å². The molecule has 2 fully saturated rings. The molecule has 0 aromatic carbocycles. The number of halogens is 1. The number of terminal acetylenes is 1. The Hall–Kier alpha value is -1.81. The number of hydrogen-bond donors (Lipinski definition) is 2. The first-order valence-corrected chi connectivity index (χ1v) is 11.9. The van der Waals surface area contributed by atoms with Crippen molar-refractivity contribution in [2.75, 3.05) is 20.3 Å². The molecular formula is C26H37FN2O3. The van der Waals surface area contributed by atoms with Gasteiger partial charge in [0.15, 0.2) is 6.17 Å². The lowest BCUT2D eigenvalue weighted by atomic mass is 9.78. The van der Waals surface area contributed by atoms with Gasteiger partial charge in [-0.2, -0.15) is 0 Å². The third-order valence-corrected chi connectivity index (χ3v) is 7.51. The van der Waals surface area contributed by atoms with Crippen molar-refractivity contribution >= 4 is 0 Å². The summed E-state index contributed by atoms with van der Waals surface area (Å²) in [5, 5.41) is 3.62. The number of allylic oxidation sites excluding steroid dienone is 4. The number of rotatable bonds is 7.